The molecule has 2 heterocycles. The molecular formula is C15H13BrN2OS. The van der Waals surface area contributed by atoms with Gasteiger partial charge in [-0.2, -0.15) is 0 Å². The van der Waals surface area contributed by atoms with E-state index < -0.39 is 0 Å². The molecule has 0 spiro atoms. The van der Waals surface area contributed by atoms with Crippen LogP contribution >= 0.6 is 27.3 Å². The van der Waals surface area contributed by atoms with E-state index in [2.05, 4.69) is 21.2 Å². The lowest BCUT2D eigenvalue weighted by molar-refractivity contribution is 0.704. The van der Waals surface area contributed by atoms with Crippen LogP contribution in [-0.2, 0) is 6.54 Å². The lowest BCUT2D eigenvalue weighted by Gasteiger charge is -2.08. The van der Waals surface area contributed by atoms with Gasteiger partial charge in [0.2, 0.25) is 0 Å². The van der Waals surface area contributed by atoms with E-state index in [1.165, 1.54) is 0 Å². The maximum atomic E-state index is 12.2. The van der Waals surface area contributed by atoms with E-state index >= 15 is 0 Å². The predicted octanol–water partition coefficient (Wildman–Crippen LogP) is 3.94. The number of nitrogens with zero attached hydrogens (tertiary/aromatic N) is 1. The first kappa shape index (κ1) is 13.4. The first-order valence-corrected chi connectivity index (χ1v) is 7.97. The van der Waals surface area contributed by atoms with Crippen molar-refractivity contribution in [2.45, 2.75) is 6.54 Å². The molecule has 3 aromatic rings. The molecule has 0 aliphatic heterocycles. The minimum absolute atomic E-state index is 0.0846. The Morgan fingerprint density at radius 3 is 2.75 bits per heavy atom. The molecule has 3 nitrogen and oxygen atoms in total. The van der Waals surface area contributed by atoms with E-state index in [-0.39, 0.29) is 5.56 Å². The normalized spacial score (nSPS) is 10.8. The minimum atomic E-state index is 0.0846. The summed E-state index contributed by atoms with van der Waals surface area (Å²) in [4.78, 5) is 12.2. The number of hydrogen-bond acceptors (Lipinski definition) is 3. The number of pyridine rings is 1. The van der Waals surface area contributed by atoms with Gasteiger partial charge in [0.25, 0.3) is 5.56 Å². The molecule has 0 aliphatic rings. The van der Waals surface area contributed by atoms with Crippen molar-refractivity contribution in [3.05, 3.63) is 62.8 Å². The Morgan fingerprint density at radius 1 is 1.15 bits per heavy atom. The highest BCUT2D eigenvalue weighted by Crippen LogP contribution is 2.16. The van der Waals surface area contributed by atoms with Gasteiger partial charge in [0.05, 0.1) is 5.39 Å². The maximum absolute atomic E-state index is 12.2. The second-order valence-corrected chi connectivity index (χ2v) is 6.31. The molecule has 3 rings (SSSR count). The zero-order chi connectivity index (χ0) is 13.9. The molecule has 0 unspecified atom stereocenters. The van der Waals surface area contributed by atoms with Crippen molar-refractivity contribution >= 4 is 43.0 Å². The number of halogens is 1. The molecule has 1 N–H and O–H groups in total. The zero-order valence-electron chi connectivity index (χ0n) is 10.7. The van der Waals surface area contributed by atoms with E-state index in [1.54, 1.807) is 15.9 Å². The van der Waals surface area contributed by atoms with Crippen LogP contribution in [0.1, 0.15) is 0 Å². The summed E-state index contributed by atoms with van der Waals surface area (Å²) in [5, 5.41) is 6.07. The Hall–Kier alpha value is -1.59. The van der Waals surface area contributed by atoms with Gasteiger partial charge < -0.3 is 9.88 Å². The van der Waals surface area contributed by atoms with Gasteiger partial charge in [-0.1, -0.05) is 15.9 Å². The maximum Gasteiger partial charge on any atom is 0.259 e. The largest absolute Gasteiger partial charge is 0.383 e. The van der Waals surface area contributed by atoms with Gasteiger partial charge in [0.15, 0.2) is 0 Å². The minimum Gasteiger partial charge on any atom is -0.383 e. The lowest BCUT2D eigenvalue weighted by Crippen LogP contribution is -2.22. The van der Waals surface area contributed by atoms with Crippen molar-refractivity contribution in [3.8, 4) is 0 Å². The van der Waals surface area contributed by atoms with Crippen molar-refractivity contribution in [2.75, 3.05) is 11.9 Å². The Labute approximate surface area is 129 Å². The van der Waals surface area contributed by atoms with Crippen LogP contribution in [0.5, 0.6) is 0 Å². The van der Waals surface area contributed by atoms with Crippen LogP contribution < -0.4 is 10.9 Å². The highest BCUT2D eigenvalue weighted by Gasteiger charge is 2.03. The Kier molecular flexibility index (Phi) is 3.89. The highest BCUT2D eigenvalue weighted by molar-refractivity contribution is 9.10. The van der Waals surface area contributed by atoms with Crippen molar-refractivity contribution in [3.63, 3.8) is 0 Å². The van der Waals surface area contributed by atoms with E-state index in [1.807, 2.05) is 48.0 Å². The molecule has 2 aromatic heterocycles. The third-order valence-electron chi connectivity index (χ3n) is 3.12. The SMILES string of the molecule is O=c1c2ccsc2ccn1CCNc1ccc(Br)cc1. The fraction of sp³-hybridized carbons (Fsp3) is 0.133. The fourth-order valence-corrected chi connectivity index (χ4v) is 3.11. The molecule has 0 atom stereocenters. The second kappa shape index (κ2) is 5.81. The molecule has 1 aromatic carbocycles. The molecule has 0 amide bonds. The third kappa shape index (κ3) is 2.78. The number of benzene rings is 1. The van der Waals surface area contributed by atoms with E-state index in [9.17, 15) is 4.79 Å². The number of nitrogens with one attached hydrogen (secondary N) is 1. The summed E-state index contributed by atoms with van der Waals surface area (Å²) in [6.07, 6.45) is 1.87. The highest BCUT2D eigenvalue weighted by atomic mass is 79.9. The van der Waals surface area contributed by atoms with Gasteiger partial charge in [-0.3, -0.25) is 4.79 Å². The molecular weight excluding hydrogens is 336 g/mol. The molecule has 0 saturated heterocycles. The van der Waals surface area contributed by atoms with Crippen LogP contribution in [0.3, 0.4) is 0 Å². The van der Waals surface area contributed by atoms with Crippen LogP contribution in [0.25, 0.3) is 10.1 Å². The summed E-state index contributed by atoms with van der Waals surface area (Å²) in [6.45, 7) is 1.37. The summed E-state index contributed by atoms with van der Waals surface area (Å²) in [5.41, 5.74) is 1.14. The molecule has 102 valence electrons. The summed E-state index contributed by atoms with van der Waals surface area (Å²) < 4.78 is 3.86. The molecule has 0 radical (unpaired) electrons. The van der Waals surface area contributed by atoms with E-state index in [0.717, 1.165) is 26.8 Å². The summed E-state index contributed by atoms with van der Waals surface area (Å²) in [5.74, 6) is 0. The zero-order valence-corrected chi connectivity index (χ0v) is 13.1. The van der Waals surface area contributed by atoms with Gasteiger partial charge in [-0.05, 0) is 41.8 Å². The van der Waals surface area contributed by atoms with Gasteiger partial charge >= 0.3 is 0 Å². The summed E-state index contributed by atoms with van der Waals surface area (Å²) >= 11 is 5.01. The van der Waals surface area contributed by atoms with Gasteiger partial charge in [-0.25, -0.2) is 0 Å². The van der Waals surface area contributed by atoms with E-state index in [4.69, 9.17) is 0 Å². The van der Waals surface area contributed by atoms with Crippen molar-refractivity contribution in [2.24, 2.45) is 0 Å². The van der Waals surface area contributed by atoms with Crippen LogP contribution in [-0.4, -0.2) is 11.1 Å². The average Bonchev–Trinajstić information content (AvgIpc) is 2.93. The van der Waals surface area contributed by atoms with Gasteiger partial charge in [0.1, 0.15) is 0 Å². The van der Waals surface area contributed by atoms with Crippen molar-refractivity contribution < 1.29 is 0 Å². The third-order valence-corrected chi connectivity index (χ3v) is 4.53. The first-order valence-electron chi connectivity index (χ1n) is 6.30. The molecule has 5 heteroatoms. The number of rotatable bonds is 4. The van der Waals surface area contributed by atoms with Crippen molar-refractivity contribution in [1.82, 2.24) is 4.57 Å². The number of fused-ring (bicyclic) bond motifs is 1. The number of anilines is 1. The number of aromatic nitrogens is 1. The Balaban J connectivity index is 1.69. The van der Waals surface area contributed by atoms with Crippen LogP contribution in [0.4, 0.5) is 5.69 Å². The topological polar surface area (TPSA) is 34.0 Å². The van der Waals surface area contributed by atoms with E-state index in [0.29, 0.717) is 6.54 Å². The summed E-state index contributed by atoms with van der Waals surface area (Å²) in [6, 6.07) is 11.9. The van der Waals surface area contributed by atoms with Gasteiger partial charge in [-0.15, -0.1) is 11.3 Å². The molecule has 0 saturated carbocycles. The summed E-state index contributed by atoms with van der Waals surface area (Å²) in [7, 11) is 0. The molecule has 0 aliphatic carbocycles. The van der Waals surface area contributed by atoms with Crippen molar-refractivity contribution in [1.29, 1.82) is 0 Å². The number of thiophene rings is 1. The lowest BCUT2D eigenvalue weighted by atomic mass is 10.3. The van der Waals surface area contributed by atoms with Crippen LogP contribution in [0.15, 0.2) is 57.2 Å². The first-order chi connectivity index (χ1) is 9.74. The fourth-order valence-electron chi connectivity index (χ4n) is 2.07. The average molecular weight is 349 g/mol. The smallest absolute Gasteiger partial charge is 0.259 e. The van der Waals surface area contributed by atoms with Crippen LogP contribution in [0, 0.1) is 0 Å². The molecule has 0 fully saturated rings. The monoisotopic (exact) mass is 348 g/mol. The Morgan fingerprint density at radius 2 is 1.95 bits per heavy atom. The second-order valence-electron chi connectivity index (χ2n) is 4.45. The van der Waals surface area contributed by atoms with Crippen LogP contribution in [0.2, 0.25) is 0 Å². The number of hydrogen-bond donors (Lipinski definition) is 1. The molecule has 20 heavy (non-hydrogen) atoms. The van der Waals surface area contributed by atoms with Gasteiger partial charge in [0, 0.05) is 34.1 Å². The standard InChI is InChI=1S/C15H13BrN2OS/c16-11-1-3-12(4-2-11)17-7-9-18-8-5-14-13(15(18)19)6-10-20-14/h1-6,8,10,17H,7,9H2. The quantitative estimate of drug-likeness (QED) is 0.774. The predicted molar refractivity (Wildman–Crippen MR) is 88.7 cm³/mol. The Bertz CT molecular complexity index is 776. The molecule has 0 bridgehead atoms.